The fourth-order valence-electron chi connectivity index (χ4n) is 2.18. The van der Waals surface area contributed by atoms with Crippen molar-refractivity contribution in [3.05, 3.63) is 62.5 Å². The Balaban J connectivity index is 2.23. The smallest absolute Gasteiger partial charge is 0.431 e. The Bertz CT molecular complexity index is 850. The van der Waals surface area contributed by atoms with Crippen molar-refractivity contribution in [1.82, 2.24) is 4.57 Å². The number of nitrogens with zero attached hydrogens (tertiary/aromatic N) is 1. The van der Waals surface area contributed by atoms with E-state index in [2.05, 4.69) is 15.9 Å². The summed E-state index contributed by atoms with van der Waals surface area (Å²) in [6, 6.07) is 7.85. The first-order chi connectivity index (χ1) is 12.1. The van der Waals surface area contributed by atoms with E-state index >= 15 is 0 Å². The van der Waals surface area contributed by atoms with Crippen molar-refractivity contribution < 1.29 is 27.8 Å². The largest absolute Gasteiger partial charge is 0.491 e. The summed E-state index contributed by atoms with van der Waals surface area (Å²) in [4.78, 5) is 23.3. The summed E-state index contributed by atoms with van der Waals surface area (Å²) in [6.07, 6.45) is -6.28. The molecular formula is C16H14BrF3N2O4. The Labute approximate surface area is 154 Å². The van der Waals surface area contributed by atoms with Gasteiger partial charge in [0, 0.05) is 4.47 Å². The van der Waals surface area contributed by atoms with Gasteiger partial charge in [-0.2, -0.15) is 13.2 Å². The maximum Gasteiger partial charge on any atom is 0.431 e. The zero-order chi connectivity index (χ0) is 19.5. The minimum Gasteiger partial charge on any atom is -0.491 e. The summed E-state index contributed by atoms with van der Waals surface area (Å²) < 4.78 is 45.7. The number of ether oxygens (including phenoxy) is 1. The van der Waals surface area contributed by atoms with Crippen molar-refractivity contribution in [1.29, 1.82) is 0 Å². The average Bonchev–Trinajstić information content (AvgIpc) is 2.54. The van der Waals surface area contributed by atoms with Crippen LogP contribution < -0.4 is 16.0 Å². The highest BCUT2D eigenvalue weighted by Gasteiger charge is 2.35. The second-order valence-corrected chi connectivity index (χ2v) is 6.24. The Morgan fingerprint density at radius 1 is 1.23 bits per heavy atom. The van der Waals surface area contributed by atoms with Crippen molar-refractivity contribution in [2.45, 2.75) is 18.8 Å². The van der Waals surface area contributed by atoms with Gasteiger partial charge in [0.05, 0.1) is 6.54 Å². The number of hydrogen-bond donors (Lipinski definition) is 2. The topological polar surface area (TPSA) is 94.6 Å². The van der Waals surface area contributed by atoms with Gasteiger partial charge in [-0.15, -0.1) is 0 Å². The van der Waals surface area contributed by atoms with Crippen molar-refractivity contribution in [3.8, 4) is 5.75 Å². The van der Waals surface area contributed by atoms with Crippen LogP contribution in [-0.4, -0.2) is 28.3 Å². The number of rotatable bonds is 6. The zero-order valence-electron chi connectivity index (χ0n) is 13.2. The number of pyridine rings is 1. The molecule has 1 aromatic carbocycles. The van der Waals surface area contributed by atoms with Crippen LogP contribution in [0, 0.1) is 0 Å². The van der Waals surface area contributed by atoms with E-state index in [1.165, 1.54) is 0 Å². The molecule has 2 rings (SSSR count). The Morgan fingerprint density at radius 2 is 1.85 bits per heavy atom. The number of hydrogen-bond acceptors (Lipinski definition) is 4. The fraction of sp³-hybridized carbons (Fsp3) is 0.250. The van der Waals surface area contributed by atoms with Gasteiger partial charge in [0.15, 0.2) is 0 Å². The van der Waals surface area contributed by atoms with E-state index in [0.717, 1.165) is 4.47 Å². The van der Waals surface area contributed by atoms with Crippen LogP contribution in [-0.2, 0) is 12.7 Å². The molecule has 0 aliphatic heterocycles. The van der Waals surface area contributed by atoms with Gasteiger partial charge in [0.1, 0.15) is 29.7 Å². The molecule has 0 fully saturated rings. The number of nitrogens with two attached hydrogens (primary N) is 1. The number of amides is 1. The lowest BCUT2D eigenvalue weighted by Crippen LogP contribution is -2.37. The Hall–Kier alpha value is -2.33. The Morgan fingerprint density at radius 3 is 2.38 bits per heavy atom. The van der Waals surface area contributed by atoms with Crippen LogP contribution in [0.4, 0.5) is 13.2 Å². The molecule has 0 spiro atoms. The molecule has 26 heavy (non-hydrogen) atoms. The number of aromatic nitrogens is 1. The molecule has 0 saturated carbocycles. The monoisotopic (exact) mass is 434 g/mol. The molecule has 0 radical (unpaired) electrons. The van der Waals surface area contributed by atoms with Crippen LogP contribution in [0.25, 0.3) is 0 Å². The lowest BCUT2D eigenvalue weighted by atomic mass is 10.2. The lowest BCUT2D eigenvalue weighted by Gasteiger charge is -2.19. The number of alkyl halides is 3. The summed E-state index contributed by atoms with van der Waals surface area (Å²) in [5.41, 5.74) is 1.87. The van der Waals surface area contributed by atoms with Crippen LogP contribution in [0.3, 0.4) is 0 Å². The van der Waals surface area contributed by atoms with Crippen LogP contribution in [0.15, 0.2) is 45.7 Å². The number of primary amides is 1. The molecule has 0 bridgehead atoms. The second-order valence-electron chi connectivity index (χ2n) is 5.33. The third-order valence-electron chi connectivity index (χ3n) is 3.38. The fourth-order valence-corrected chi connectivity index (χ4v) is 2.45. The molecule has 0 aliphatic rings. The van der Waals surface area contributed by atoms with E-state index < -0.39 is 41.5 Å². The van der Waals surface area contributed by atoms with Crippen molar-refractivity contribution in [2.24, 2.45) is 5.73 Å². The molecule has 0 saturated heterocycles. The number of benzene rings is 1. The van der Waals surface area contributed by atoms with Gasteiger partial charge in [0.2, 0.25) is 0 Å². The highest BCUT2D eigenvalue weighted by Crippen LogP contribution is 2.28. The molecule has 1 atom stereocenters. The summed E-state index contributed by atoms with van der Waals surface area (Å²) in [5.74, 6) is -0.764. The first-order valence-electron chi connectivity index (χ1n) is 7.27. The summed E-state index contributed by atoms with van der Waals surface area (Å²) in [7, 11) is 0. The maximum atomic E-state index is 13.1. The zero-order valence-corrected chi connectivity index (χ0v) is 14.8. The van der Waals surface area contributed by atoms with E-state index in [1.54, 1.807) is 24.3 Å². The van der Waals surface area contributed by atoms with E-state index in [1.807, 2.05) is 0 Å². The molecule has 0 aliphatic carbocycles. The highest BCUT2D eigenvalue weighted by molar-refractivity contribution is 9.10. The predicted molar refractivity (Wildman–Crippen MR) is 89.9 cm³/mol. The first-order valence-corrected chi connectivity index (χ1v) is 8.06. The molecule has 1 amide bonds. The molecule has 10 heteroatoms. The average molecular weight is 435 g/mol. The van der Waals surface area contributed by atoms with Gasteiger partial charge in [-0.3, -0.25) is 9.59 Å². The molecule has 2 aromatic rings. The summed E-state index contributed by atoms with van der Waals surface area (Å²) >= 11 is 3.24. The number of halogens is 4. The van der Waals surface area contributed by atoms with E-state index in [9.17, 15) is 27.9 Å². The number of carbonyl (C=O) groups excluding carboxylic acids is 1. The van der Waals surface area contributed by atoms with Gasteiger partial charge < -0.3 is 20.1 Å². The third-order valence-corrected chi connectivity index (χ3v) is 3.91. The number of carbonyl (C=O) groups is 1. The number of aliphatic hydroxyl groups is 1. The molecule has 1 aromatic heterocycles. The van der Waals surface area contributed by atoms with Crippen molar-refractivity contribution in [2.75, 3.05) is 6.61 Å². The SMILES string of the molecule is NC(=O)c1ccc(C(F)(F)F)n(C[C@H](O)COc2ccc(Br)cc2)c1=O. The second kappa shape index (κ2) is 7.92. The number of aliphatic hydroxyl groups excluding tert-OH is 1. The molecule has 1 heterocycles. The van der Waals surface area contributed by atoms with Gasteiger partial charge in [-0.1, -0.05) is 15.9 Å². The summed E-state index contributed by atoms with van der Waals surface area (Å²) in [6.45, 7) is -1.07. The van der Waals surface area contributed by atoms with Gasteiger partial charge in [0.25, 0.3) is 11.5 Å². The minimum absolute atomic E-state index is 0.274. The highest BCUT2D eigenvalue weighted by atomic mass is 79.9. The van der Waals surface area contributed by atoms with Gasteiger partial charge in [-0.05, 0) is 36.4 Å². The molecule has 3 N–H and O–H groups in total. The maximum absolute atomic E-state index is 13.1. The van der Waals surface area contributed by atoms with Gasteiger partial charge in [-0.25, -0.2) is 0 Å². The lowest BCUT2D eigenvalue weighted by molar-refractivity contribution is -0.144. The molecule has 0 unspecified atom stereocenters. The van der Waals surface area contributed by atoms with Gasteiger partial charge >= 0.3 is 6.18 Å². The van der Waals surface area contributed by atoms with E-state index in [-0.39, 0.29) is 11.2 Å². The minimum atomic E-state index is -4.85. The molecule has 140 valence electrons. The first kappa shape index (κ1) is 20.0. The van der Waals surface area contributed by atoms with Crippen LogP contribution in [0.1, 0.15) is 16.1 Å². The van der Waals surface area contributed by atoms with Crippen molar-refractivity contribution >= 4 is 21.8 Å². The van der Waals surface area contributed by atoms with Crippen LogP contribution in [0.5, 0.6) is 5.75 Å². The normalized spacial score (nSPS) is 12.7. The van der Waals surface area contributed by atoms with E-state index in [4.69, 9.17) is 10.5 Å². The standard InChI is InChI=1S/C16H14BrF3N2O4/c17-9-1-3-11(4-2-9)26-8-10(23)7-22-13(16(18,19)20)6-5-12(14(21)24)15(22)25/h1-6,10,23H,7-8H2,(H2,21,24)/t10-/m0/s1. The quantitative estimate of drug-likeness (QED) is 0.728. The molecular weight excluding hydrogens is 421 g/mol. The Kier molecular flexibility index (Phi) is 6.09. The van der Waals surface area contributed by atoms with Crippen molar-refractivity contribution in [3.63, 3.8) is 0 Å². The van der Waals surface area contributed by atoms with Crippen LogP contribution >= 0.6 is 15.9 Å². The van der Waals surface area contributed by atoms with Crippen LogP contribution in [0.2, 0.25) is 0 Å². The summed E-state index contributed by atoms with van der Waals surface area (Å²) in [5, 5.41) is 9.99. The molecule has 6 nitrogen and oxygen atoms in total. The predicted octanol–water partition coefficient (Wildman–Crippen LogP) is 2.17. The third kappa shape index (κ3) is 4.85. The van der Waals surface area contributed by atoms with E-state index in [0.29, 0.717) is 17.9 Å².